The fourth-order valence-electron chi connectivity index (χ4n) is 3.84. The van der Waals surface area contributed by atoms with Crippen molar-refractivity contribution in [2.24, 2.45) is 0 Å². The second-order valence-corrected chi connectivity index (χ2v) is 7.51. The van der Waals surface area contributed by atoms with Gasteiger partial charge >= 0.3 is 0 Å². The Morgan fingerprint density at radius 2 is 1.94 bits per heavy atom. The summed E-state index contributed by atoms with van der Waals surface area (Å²) in [6.45, 7) is 0.357. The van der Waals surface area contributed by atoms with Crippen LogP contribution in [0.1, 0.15) is 46.1 Å². The Hall–Kier alpha value is -3.55. The summed E-state index contributed by atoms with van der Waals surface area (Å²) < 4.78 is 28.7. The van der Waals surface area contributed by atoms with E-state index in [1.807, 2.05) is 35.0 Å². The summed E-state index contributed by atoms with van der Waals surface area (Å²) in [4.78, 5) is 24.5. The first-order valence-electron chi connectivity index (χ1n) is 10.1. The molecule has 1 unspecified atom stereocenters. The normalized spacial score (nSPS) is 15.2. The summed E-state index contributed by atoms with van der Waals surface area (Å²) in [5.74, 6) is -2.90. The standard InChI is InChI=1S/C23H22F2N4O2/c24-16-9-10-17(19(25)11-16)23(31)26-13-22(30)28-20-7-4-8-21-18(20)12-27-29(21)14-15-5-2-1-3-6-15/h1-3,5-6,9-12,20H,4,7-8,13-14H2,(H,26,31)(H,28,30). The first-order valence-corrected chi connectivity index (χ1v) is 10.1. The molecular formula is C23H22F2N4O2. The lowest BCUT2D eigenvalue weighted by Crippen LogP contribution is -2.39. The lowest BCUT2D eigenvalue weighted by atomic mass is 9.93. The van der Waals surface area contributed by atoms with Gasteiger partial charge in [0.05, 0.1) is 30.9 Å². The van der Waals surface area contributed by atoms with Crippen molar-refractivity contribution in [1.82, 2.24) is 20.4 Å². The van der Waals surface area contributed by atoms with Gasteiger partial charge in [-0.25, -0.2) is 8.78 Å². The van der Waals surface area contributed by atoms with Gasteiger partial charge in [-0.1, -0.05) is 30.3 Å². The fourth-order valence-corrected chi connectivity index (χ4v) is 3.84. The number of benzene rings is 2. The number of nitrogens with one attached hydrogen (secondary N) is 2. The summed E-state index contributed by atoms with van der Waals surface area (Å²) >= 11 is 0. The molecule has 0 saturated carbocycles. The monoisotopic (exact) mass is 424 g/mol. The third-order valence-electron chi connectivity index (χ3n) is 5.36. The number of nitrogens with zero attached hydrogens (tertiary/aromatic N) is 2. The number of fused-ring (bicyclic) bond motifs is 1. The third-order valence-corrected chi connectivity index (χ3v) is 5.36. The molecule has 0 aliphatic heterocycles. The van der Waals surface area contributed by atoms with Crippen molar-refractivity contribution in [3.63, 3.8) is 0 Å². The van der Waals surface area contributed by atoms with E-state index in [1.165, 1.54) is 0 Å². The van der Waals surface area contributed by atoms with E-state index in [-0.39, 0.29) is 24.1 Å². The van der Waals surface area contributed by atoms with E-state index in [0.29, 0.717) is 12.6 Å². The predicted octanol–water partition coefficient (Wildman–Crippen LogP) is 3.13. The van der Waals surface area contributed by atoms with Crippen molar-refractivity contribution in [2.45, 2.75) is 31.8 Å². The summed E-state index contributed by atoms with van der Waals surface area (Å²) in [5.41, 5.74) is 2.91. The van der Waals surface area contributed by atoms with E-state index in [2.05, 4.69) is 15.7 Å². The Balaban J connectivity index is 1.37. The van der Waals surface area contributed by atoms with E-state index in [1.54, 1.807) is 6.20 Å². The highest BCUT2D eigenvalue weighted by atomic mass is 19.1. The Bertz CT molecular complexity index is 1100. The van der Waals surface area contributed by atoms with Crippen molar-refractivity contribution < 1.29 is 18.4 Å². The molecule has 3 aromatic rings. The molecule has 160 valence electrons. The van der Waals surface area contributed by atoms with Crippen LogP contribution in [-0.4, -0.2) is 28.1 Å². The highest BCUT2D eigenvalue weighted by molar-refractivity contribution is 5.96. The van der Waals surface area contributed by atoms with Gasteiger partial charge in [0.2, 0.25) is 5.91 Å². The minimum Gasteiger partial charge on any atom is -0.348 e. The number of aromatic nitrogens is 2. The molecule has 0 radical (unpaired) electrons. The van der Waals surface area contributed by atoms with E-state index >= 15 is 0 Å². The van der Waals surface area contributed by atoms with Crippen LogP contribution in [0.4, 0.5) is 8.78 Å². The molecule has 2 aromatic carbocycles. The largest absolute Gasteiger partial charge is 0.348 e. The van der Waals surface area contributed by atoms with Gasteiger partial charge in [-0.05, 0) is 37.0 Å². The maximum Gasteiger partial charge on any atom is 0.254 e. The number of carbonyl (C=O) groups excluding carboxylic acids is 2. The van der Waals surface area contributed by atoms with Crippen LogP contribution in [0.5, 0.6) is 0 Å². The topological polar surface area (TPSA) is 76.0 Å². The minimum absolute atomic E-state index is 0.194. The number of amides is 2. The van der Waals surface area contributed by atoms with Gasteiger partial charge in [0.15, 0.2) is 0 Å². The Morgan fingerprint density at radius 3 is 2.71 bits per heavy atom. The Morgan fingerprint density at radius 1 is 1.13 bits per heavy atom. The quantitative estimate of drug-likeness (QED) is 0.638. The molecule has 2 amide bonds. The zero-order valence-corrected chi connectivity index (χ0v) is 16.8. The molecule has 2 N–H and O–H groups in total. The number of carbonyl (C=O) groups is 2. The first-order chi connectivity index (χ1) is 15.0. The molecule has 0 spiro atoms. The number of rotatable bonds is 6. The van der Waals surface area contributed by atoms with Crippen LogP contribution < -0.4 is 10.6 Å². The molecule has 0 saturated heterocycles. The van der Waals surface area contributed by atoms with Crippen molar-refractivity contribution in [3.05, 3.63) is 88.7 Å². The van der Waals surface area contributed by atoms with Gasteiger partial charge < -0.3 is 10.6 Å². The lowest BCUT2D eigenvalue weighted by molar-refractivity contribution is -0.121. The molecule has 31 heavy (non-hydrogen) atoms. The molecule has 6 nitrogen and oxygen atoms in total. The Kier molecular flexibility index (Phi) is 6.06. The number of hydrogen-bond acceptors (Lipinski definition) is 3. The van der Waals surface area contributed by atoms with Gasteiger partial charge in [0.1, 0.15) is 11.6 Å². The smallest absolute Gasteiger partial charge is 0.254 e. The second kappa shape index (κ2) is 9.07. The first kappa shape index (κ1) is 20.7. The minimum atomic E-state index is -0.972. The molecule has 1 heterocycles. The molecule has 0 bridgehead atoms. The highest BCUT2D eigenvalue weighted by Crippen LogP contribution is 2.29. The average molecular weight is 424 g/mol. The van der Waals surface area contributed by atoms with E-state index in [9.17, 15) is 18.4 Å². The summed E-state index contributed by atoms with van der Waals surface area (Å²) in [5, 5.41) is 9.80. The SMILES string of the molecule is O=C(CNC(=O)c1ccc(F)cc1F)NC1CCCc2c1cnn2Cc1ccccc1. The van der Waals surface area contributed by atoms with Gasteiger partial charge in [-0.2, -0.15) is 5.10 Å². The fraction of sp³-hybridized carbons (Fsp3) is 0.261. The van der Waals surface area contributed by atoms with Gasteiger partial charge in [-0.15, -0.1) is 0 Å². The van der Waals surface area contributed by atoms with E-state index in [4.69, 9.17) is 0 Å². The van der Waals surface area contributed by atoms with Crippen molar-refractivity contribution in [1.29, 1.82) is 0 Å². The second-order valence-electron chi connectivity index (χ2n) is 7.51. The molecule has 1 aliphatic carbocycles. The predicted molar refractivity (Wildman–Crippen MR) is 110 cm³/mol. The van der Waals surface area contributed by atoms with E-state index in [0.717, 1.165) is 48.2 Å². The van der Waals surface area contributed by atoms with Crippen LogP contribution in [0.3, 0.4) is 0 Å². The average Bonchev–Trinajstić information content (AvgIpc) is 3.16. The number of hydrogen-bond donors (Lipinski definition) is 2. The zero-order chi connectivity index (χ0) is 21.8. The molecule has 0 fully saturated rings. The maximum absolute atomic E-state index is 13.7. The summed E-state index contributed by atoms with van der Waals surface area (Å²) in [7, 11) is 0. The van der Waals surface area contributed by atoms with Crippen LogP contribution in [0, 0.1) is 11.6 Å². The zero-order valence-electron chi connectivity index (χ0n) is 16.8. The maximum atomic E-state index is 13.7. The Labute approximate surface area is 178 Å². The van der Waals surface area contributed by atoms with Crippen LogP contribution in [-0.2, 0) is 17.8 Å². The molecule has 1 atom stereocenters. The van der Waals surface area contributed by atoms with Gasteiger partial charge in [0, 0.05) is 17.3 Å². The molecule has 8 heteroatoms. The van der Waals surface area contributed by atoms with Crippen LogP contribution in [0.2, 0.25) is 0 Å². The van der Waals surface area contributed by atoms with Crippen LogP contribution >= 0.6 is 0 Å². The lowest BCUT2D eigenvalue weighted by Gasteiger charge is -2.24. The van der Waals surface area contributed by atoms with Crippen molar-refractivity contribution in [2.75, 3.05) is 6.54 Å². The highest BCUT2D eigenvalue weighted by Gasteiger charge is 2.26. The third kappa shape index (κ3) is 4.79. The van der Waals surface area contributed by atoms with Gasteiger partial charge in [-0.3, -0.25) is 14.3 Å². The number of halogens is 2. The molecular weight excluding hydrogens is 402 g/mol. The van der Waals surface area contributed by atoms with Gasteiger partial charge in [0.25, 0.3) is 5.91 Å². The van der Waals surface area contributed by atoms with Crippen molar-refractivity contribution >= 4 is 11.8 Å². The van der Waals surface area contributed by atoms with Crippen molar-refractivity contribution in [3.8, 4) is 0 Å². The molecule has 4 rings (SSSR count). The van der Waals surface area contributed by atoms with Crippen LogP contribution in [0.15, 0.2) is 54.7 Å². The van der Waals surface area contributed by atoms with E-state index < -0.39 is 17.5 Å². The molecule has 1 aromatic heterocycles. The summed E-state index contributed by atoms with van der Waals surface area (Å²) in [6.07, 6.45) is 4.35. The van der Waals surface area contributed by atoms with Crippen LogP contribution in [0.25, 0.3) is 0 Å². The summed E-state index contributed by atoms with van der Waals surface area (Å²) in [6, 6.07) is 12.5. The molecule has 1 aliphatic rings.